The van der Waals surface area contributed by atoms with Gasteiger partial charge < -0.3 is 20.8 Å². The van der Waals surface area contributed by atoms with Gasteiger partial charge in [0.15, 0.2) is 0 Å². The Morgan fingerprint density at radius 1 is 1.24 bits per heavy atom. The van der Waals surface area contributed by atoms with Gasteiger partial charge in [-0.3, -0.25) is 4.79 Å². The Balaban J connectivity index is 4.41. The third-order valence-corrected chi connectivity index (χ3v) is 2.32. The highest BCUT2D eigenvalue weighted by Crippen LogP contribution is 2.06. The molecule has 0 aliphatic carbocycles. The molecular weight excluding hydrogens is 228 g/mol. The fourth-order valence-corrected chi connectivity index (χ4v) is 0.965. The van der Waals surface area contributed by atoms with Gasteiger partial charge in [-0.25, -0.2) is 9.59 Å². The third-order valence-electron chi connectivity index (χ3n) is 2.32. The van der Waals surface area contributed by atoms with Crippen molar-refractivity contribution in [1.82, 2.24) is 10.6 Å². The zero-order chi connectivity index (χ0) is 13.6. The van der Waals surface area contributed by atoms with E-state index in [0.29, 0.717) is 6.42 Å². The van der Waals surface area contributed by atoms with Gasteiger partial charge in [-0.05, 0) is 20.3 Å². The number of rotatable bonds is 6. The van der Waals surface area contributed by atoms with E-state index in [9.17, 15) is 14.4 Å². The molecule has 0 aromatic heterocycles. The lowest BCUT2D eigenvalue weighted by atomic mass is 10.0. The summed E-state index contributed by atoms with van der Waals surface area (Å²) in [5, 5.41) is 21.9. The predicted octanol–water partition coefficient (Wildman–Crippen LogP) is 0.402. The minimum atomic E-state index is -1.43. The van der Waals surface area contributed by atoms with Crippen molar-refractivity contribution < 1.29 is 24.6 Å². The van der Waals surface area contributed by atoms with Gasteiger partial charge in [-0.1, -0.05) is 6.92 Å². The first-order chi connectivity index (χ1) is 7.68. The molecule has 17 heavy (non-hydrogen) atoms. The van der Waals surface area contributed by atoms with Gasteiger partial charge >= 0.3 is 18.0 Å². The number of carbonyl (C=O) groups excluding carboxylic acids is 1. The molecule has 98 valence electrons. The maximum absolute atomic E-state index is 11.4. The molecule has 0 aromatic carbocycles. The zero-order valence-corrected chi connectivity index (χ0v) is 10.1. The summed E-state index contributed by atoms with van der Waals surface area (Å²) in [5.41, 5.74) is -0.476. The van der Waals surface area contributed by atoms with E-state index in [0.717, 1.165) is 0 Å². The van der Waals surface area contributed by atoms with Crippen molar-refractivity contribution in [3.05, 3.63) is 0 Å². The second-order valence-corrected chi connectivity index (χ2v) is 4.32. The van der Waals surface area contributed by atoms with Crippen LogP contribution in [0.25, 0.3) is 0 Å². The van der Waals surface area contributed by atoms with Gasteiger partial charge in [-0.2, -0.15) is 0 Å². The maximum Gasteiger partial charge on any atom is 0.326 e. The van der Waals surface area contributed by atoms with Crippen molar-refractivity contribution in [2.24, 2.45) is 0 Å². The maximum atomic E-state index is 11.4. The Morgan fingerprint density at radius 3 is 2.12 bits per heavy atom. The van der Waals surface area contributed by atoms with Crippen LogP contribution in [0.2, 0.25) is 0 Å². The van der Waals surface area contributed by atoms with Gasteiger partial charge in [0.2, 0.25) is 0 Å². The second kappa shape index (κ2) is 6.07. The summed E-state index contributed by atoms with van der Waals surface area (Å²) in [4.78, 5) is 32.5. The number of carboxylic acid groups (broad SMARTS) is 2. The summed E-state index contributed by atoms with van der Waals surface area (Å²) in [7, 11) is 0. The fourth-order valence-electron chi connectivity index (χ4n) is 0.965. The van der Waals surface area contributed by atoms with Gasteiger partial charge in [0.05, 0.1) is 6.42 Å². The van der Waals surface area contributed by atoms with Gasteiger partial charge in [0.1, 0.15) is 6.04 Å². The van der Waals surface area contributed by atoms with Crippen LogP contribution < -0.4 is 10.6 Å². The first-order valence-corrected chi connectivity index (χ1v) is 5.21. The summed E-state index contributed by atoms with van der Waals surface area (Å²) >= 11 is 0. The normalized spacial score (nSPS) is 12.6. The van der Waals surface area contributed by atoms with Crippen LogP contribution in [0.15, 0.2) is 0 Å². The van der Waals surface area contributed by atoms with Gasteiger partial charge in [0, 0.05) is 5.54 Å². The van der Waals surface area contributed by atoms with E-state index in [4.69, 9.17) is 10.2 Å². The van der Waals surface area contributed by atoms with Crippen LogP contribution in [0, 0.1) is 0 Å². The minimum absolute atomic E-state index is 0.476. The number of urea groups is 1. The van der Waals surface area contributed by atoms with E-state index in [1.807, 2.05) is 6.92 Å². The van der Waals surface area contributed by atoms with Crippen molar-refractivity contribution in [2.45, 2.75) is 45.2 Å². The van der Waals surface area contributed by atoms with Crippen LogP contribution >= 0.6 is 0 Å². The first-order valence-electron chi connectivity index (χ1n) is 5.21. The van der Waals surface area contributed by atoms with Crippen molar-refractivity contribution in [1.29, 1.82) is 0 Å². The average Bonchev–Trinajstić information content (AvgIpc) is 2.15. The summed E-state index contributed by atoms with van der Waals surface area (Å²) in [6.45, 7) is 5.42. The Bertz CT molecular complexity index is 314. The van der Waals surface area contributed by atoms with E-state index < -0.39 is 36.0 Å². The number of amides is 2. The van der Waals surface area contributed by atoms with E-state index in [1.54, 1.807) is 13.8 Å². The molecular formula is C10H18N2O5. The number of nitrogens with one attached hydrogen (secondary N) is 2. The SMILES string of the molecule is CCC(C)(C)NC(=O)NC(CC(=O)O)C(=O)O. The van der Waals surface area contributed by atoms with Crippen LogP contribution in [0.1, 0.15) is 33.6 Å². The van der Waals surface area contributed by atoms with E-state index >= 15 is 0 Å². The standard InChI is InChI=1S/C10H18N2O5/c1-4-10(2,3)12-9(17)11-6(8(15)16)5-7(13)14/h6H,4-5H2,1-3H3,(H,13,14)(H,15,16)(H2,11,12,17). The summed E-state index contributed by atoms with van der Waals surface area (Å²) in [6, 6.07) is -2.12. The molecule has 0 radical (unpaired) electrons. The highest BCUT2D eigenvalue weighted by Gasteiger charge is 2.25. The van der Waals surface area contributed by atoms with Crippen molar-refractivity contribution >= 4 is 18.0 Å². The molecule has 4 N–H and O–H groups in total. The van der Waals surface area contributed by atoms with Crippen LogP contribution in [-0.4, -0.2) is 39.8 Å². The molecule has 0 aliphatic rings. The second-order valence-electron chi connectivity index (χ2n) is 4.32. The quantitative estimate of drug-likeness (QED) is 0.541. The lowest BCUT2D eigenvalue weighted by molar-refractivity contribution is -0.145. The van der Waals surface area contributed by atoms with Gasteiger partial charge in [0.25, 0.3) is 0 Å². The molecule has 2 amide bonds. The Morgan fingerprint density at radius 2 is 1.76 bits per heavy atom. The van der Waals surface area contributed by atoms with E-state index in [-0.39, 0.29) is 0 Å². The number of carbonyl (C=O) groups is 3. The number of carboxylic acids is 2. The summed E-state index contributed by atoms with van der Waals surface area (Å²) in [6.07, 6.45) is 0.00634. The molecule has 0 bridgehead atoms. The monoisotopic (exact) mass is 246 g/mol. The van der Waals surface area contributed by atoms with Crippen LogP contribution in [0.3, 0.4) is 0 Å². The third kappa shape index (κ3) is 6.39. The van der Waals surface area contributed by atoms with Crippen molar-refractivity contribution in [2.75, 3.05) is 0 Å². The molecule has 1 unspecified atom stereocenters. The lowest BCUT2D eigenvalue weighted by Gasteiger charge is -2.25. The van der Waals surface area contributed by atoms with E-state index in [2.05, 4.69) is 10.6 Å². The molecule has 7 heteroatoms. The van der Waals surface area contributed by atoms with Crippen LogP contribution in [0.5, 0.6) is 0 Å². The molecule has 1 atom stereocenters. The molecule has 0 spiro atoms. The largest absolute Gasteiger partial charge is 0.481 e. The minimum Gasteiger partial charge on any atom is -0.481 e. The predicted molar refractivity (Wildman–Crippen MR) is 59.7 cm³/mol. The van der Waals surface area contributed by atoms with Crippen molar-refractivity contribution in [3.63, 3.8) is 0 Å². The van der Waals surface area contributed by atoms with Crippen molar-refractivity contribution in [3.8, 4) is 0 Å². The number of aliphatic carboxylic acids is 2. The molecule has 0 heterocycles. The topological polar surface area (TPSA) is 116 Å². The smallest absolute Gasteiger partial charge is 0.326 e. The Hall–Kier alpha value is -1.79. The van der Waals surface area contributed by atoms with Gasteiger partial charge in [-0.15, -0.1) is 0 Å². The highest BCUT2D eigenvalue weighted by molar-refractivity contribution is 5.86. The Kier molecular flexibility index (Phi) is 5.43. The van der Waals surface area contributed by atoms with Crippen LogP contribution in [0.4, 0.5) is 4.79 Å². The summed E-state index contributed by atoms with van der Waals surface area (Å²) in [5.74, 6) is -2.66. The molecule has 0 aliphatic heterocycles. The fraction of sp³-hybridized carbons (Fsp3) is 0.700. The molecule has 7 nitrogen and oxygen atoms in total. The molecule has 0 rings (SSSR count). The lowest BCUT2D eigenvalue weighted by Crippen LogP contribution is -2.53. The number of hydrogen-bond donors (Lipinski definition) is 4. The first kappa shape index (κ1) is 15.2. The van der Waals surface area contributed by atoms with Crippen LogP contribution in [-0.2, 0) is 9.59 Å². The molecule has 0 saturated heterocycles. The average molecular weight is 246 g/mol. The summed E-state index contributed by atoms with van der Waals surface area (Å²) < 4.78 is 0. The Labute approximate surface area is 99.2 Å². The molecule has 0 aromatic rings. The molecule has 0 saturated carbocycles. The number of hydrogen-bond acceptors (Lipinski definition) is 3. The van der Waals surface area contributed by atoms with E-state index in [1.165, 1.54) is 0 Å². The molecule has 0 fully saturated rings. The zero-order valence-electron chi connectivity index (χ0n) is 10.1. The highest BCUT2D eigenvalue weighted by atomic mass is 16.4.